The number of aromatic nitrogens is 2. The monoisotopic (exact) mass is 383 g/mol. The molecule has 1 N–H and O–H groups in total. The van der Waals surface area contributed by atoms with Gasteiger partial charge < -0.3 is 9.72 Å². The molecule has 0 saturated carbocycles. The van der Waals surface area contributed by atoms with E-state index >= 15 is 0 Å². The second-order valence-electron chi connectivity index (χ2n) is 4.21. The Hall–Kier alpha value is -1.27. The van der Waals surface area contributed by atoms with E-state index in [4.69, 9.17) is 11.6 Å². The zero-order valence-electron chi connectivity index (χ0n) is 9.98. The molecule has 0 bridgehead atoms. The molecule has 19 heavy (non-hydrogen) atoms. The van der Waals surface area contributed by atoms with Gasteiger partial charge in [-0.15, -0.1) is 0 Å². The molecule has 3 nitrogen and oxygen atoms in total. The van der Waals surface area contributed by atoms with Crippen molar-refractivity contribution in [2.45, 2.75) is 6.54 Å². The Morgan fingerprint density at radius 3 is 2.68 bits per heavy atom. The van der Waals surface area contributed by atoms with E-state index in [0.717, 1.165) is 17.0 Å². The first-order chi connectivity index (χ1) is 9.20. The molecule has 3 aromatic rings. The lowest BCUT2D eigenvalue weighted by Crippen LogP contribution is -1.99. The van der Waals surface area contributed by atoms with Gasteiger partial charge in [0.15, 0.2) is 0 Å². The summed E-state index contributed by atoms with van der Waals surface area (Å²) in [7, 11) is 0. The highest BCUT2D eigenvalue weighted by atomic mass is 127. The zero-order chi connectivity index (χ0) is 13.2. The van der Waals surface area contributed by atoms with Crippen LogP contribution in [0.4, 0.5) is 5.69 Å². The molecule has 0 saturated heterocycles. The van der Waals surface area contributed by atoms with Crippen molar-refractivity contribution in [2.75, 3.05) is 5.32 Å². The van der Waals surface area contributed by atoms with E-state index in [1.807, 2.05) is 28.9 Å². The van der Waals surface area contributed by atoms with Crippen molar-refractivity contribution in [3.05, 3.63) is 63.1 Å². The standard InChI is InChI=1S/C14H11ClIN3/c15-10-1-6-14-18-13(9-19(14)8-10)7-17-12-4-2-11(16)3-5-12/h1-6,8-9,17H,7H2. The van der Waals surface area contributed by atoms with Crippen LogP contribution in [0.1, 0.15) is 5.69 Å². The van der Waals surface area contributed by atoms with Crippen LogP contribution in [0.2, 0.25) is 5.02 Å². The molecule has 0 aliphatic heterocycles. The van der Waals surface area contributed by atoms with Crippen LogP contribution in [0.15, 0.2) is 48.8 Å². The van der Waals surface area contributed by atoms with Crippen LogP contribution >= 0.6 is 34.2 Å². The first kappa shape index (κ1) is 12.7. The molecule has 2 aromatic heterocycles. The van der Waals surface area contributed by atoms with Crippen molar-refractivity contribution in [1.29, 1.82) is 0 Å². The molecular formula is C14H11ClIN3. The Balaban J connectivity index is 1.76. The summed E-state index contributed by atoms with van der Waals surface area (Å²) >= 11 is 8.24. The third-order valence-corrected chi connectivity index (χ3v) is 3.73. The molecule has 96 valence electrons. The predicted octanol–water partition coefficient (Wildman–Crippen LogP) is 4.20. The van der Waals surface area contributed by atoms with Gasteiger partial charge in [-0.2, -0.15) is 0 Å². The highest BCUT2D eigenvalue weighted by molar-refractivity contribution is 14.1. The van der Waals surface area contributed by atoms with Crippen LogP contribution in [0.25, 0.3) is 5.65 Å². The third-order valence-electron chi connectivity index (χ3n) is 2.78. The molecule has 0 amide bonds. The molecule has 0 spiro atoms. The average molecular weight is 384 g/mol. The van der Waals surface area contributed by atoms with Gasteiger partial charge in [-0.05, 0) is 59.0 Å². The van der Waals surface area contributed by atoms with E-state index in [-0.39, 0.29) is 0 Å². The summed E-state index contributed by atoms with van der Waals surface area (Å²) in [6.07, 6.45) is 3.85. The first-order valence-electron chi connectivity index (χ1n) is 5.83. The largest absolute Gasteiger partial charge is 0.379 e. The van der Waals surface area contributed by atoms with Crippen molar-refractivity contribution in [1.82, 2.24) is 9.38 Å². The van der Waals surface area contributed by atoms with Gasteiger partial charge in [0.25, 0.3) is 0 Å². The Kier molecular flexibility index (Phi) is 3.61. The molecule has 0 atom stereocenters. The molecule has 0 fully saturated rings. The summed E-state index contributed by atoms with van der Waals surface area (Å²) in [6.45, 7) is 0.694. The maximum Gasteiger partial charge on any atom is 0.137 e. The SMILES string of the molecule is Clc1ccc2nc(CNc3ccc(I)cc3)cn2c1. The number of nitrogens with one attached hydrogen (secondary N) is 1. The highest BCUT2D eigenvalue weighted by Crippen LogP contribution is 2.14. The second-order valence-corrected chi connectivity index (χ2v) is 5.89. The quantitative estimate of drug-likeness (QED) is 0.687. The predicted molar refractivity (Wildman–Crippen MR) is 86.7 cm³/mol. The maximum absolute atomic E-state index is 5.95. The molecular weight excluding hydrogens is 373 g/mol. The van der Waals surface area contributed by atoms with E-state index in [9.17, 15) is 0 Å². The Labute approximate surface area is 129 Å². The zero-order valence-corrected chi connectivity index (χ0v) is 12.9. The van der Waals surface area contributed by atoms with Crippen molar-refractivity contribution in [2.24, 2.45) is 0 Å². The fraction of sp³-hybridized carbons (Fsp3) is 0.0714. The fourth-order valence-electron chi connectivity index (χ4n) is 1.86. The van der Waals surface area contributed by atoms with Gasteiger partial charge in [-0.1, -0.05) is 11.6 Å². The van der Waals surface area contributed by atoms with Crippen molar-refractivity contribution in [3.8, 4) is 0 Å². The number of rotatable bonds is 3. The summed E-state index contributed by atoms with van der Waals surface area (Å²) in [6, 6.07) is 12.0. The molecule has 2 heterocycles. The van der Waals surface area contributed by atoms with Gasteiger partial charge in [-0.3, -0.25) is 0 Å². The Bertz CT molecular complexity index is 706. The van der Waals surface area contributed by atoms with Gasteiger partial charge in [0.1, 0.15) is 5.65 Å². The number of pyridine rings is 1. The number of hydrogen-bond acceptors (Lipinski definition) is 2. The van der Waals surface area contributed by atoms with Crippen LogP contribution in [0.3, 0.4) is 0 Å². The Morgan fingerprint density at radius 2 is 1.89 bits per heavy atom. The van der Waals surface area contributed by atoms with Crippen molar-refractivity contribution in [3.63, 3.8) is 0 Å². The van der Waals surface area contributed by atoms with Gasteiger partial charge in [0, 0.05) is 21.7 Å². The summed E-state index contributed by atoms with van der Waals surface area (Å²) in [4.78, 5) is 4.53. The first-order valence-corrected chi connectivity index (χ1v) is 7.29. The third kappa shape index (κ3) is 3.01. The van der Waals surface area contributed by atoms with E-state index in [2.05, 4.69) is 57.2 Å². The summed E-state index contributed by atoms with van der Waals surface area (Å²) in [5, 5.41) is 4.06. The van der Waals surface area contributed by atoms with E-state index in [0.29, 0.717) is 11.6 Å². The van der Waals surface area contributed by atoms with Crippen LogP contribution in [0.5, 0.6) is 0 Å². The minimum atomic E-state index is 0.694. The number of fused-ring (bicyclic) bond motifs is 1. The summed E-state index contributed by atoms with van der Waals surface area (Å²) in [5.41, 5.74) is 2.99. The number of benzene rings is 1. The van der Waals surface area contributed by atoms with E-state index in [1.54, 1.807) is 0 Å². The number of anilines is 1. The van der Waals surface area contributed by atoms with Crippen molar-refractivity contribution < 1.29 is 0 Å². The summed E-state index contributed by atoms with van der Waals surface area (Å²) in [5.74, 6) is 0. The molecule has 1 aromatic carbocycles. The minimum absolute atomic E-state index is 0.694. The van der Waals surface area contributed by atoms with E-state index in [1.165, 1.54) is 3.57 Å². The molecule has 0 radical (unpaired) electrons. The fourth-order valence-corrected chi connectivity index (χ4v) is 2.39. The maximum atomic E-state index is 5.95. The smallest absolute Gasteiger partial charge is 0.137 e. The van der Waals surface area contributed by atoms with Gasteiger partial charge in [-0.25, -0.2) is 4.98 Å². The lowest BCUT2D eigenvalue weighted by molar-refractivity contribution is 1.08. The molecule has 5 heteroatoms. The Morgan fingerprint density at radius 1 is 1.11 bits per heavy atom. The highest BCUT2D eigenvalue weighted by Gasteiger charge is 2.02. The molecule has 0 aliphatic rings. The topological polar surface area (TPSA) is 29.3 Å². The van der Waals surface area contributed by atoms with Crippen molar-refractivity contribution >= 4 is 45.5 Å². The minimum Gasteiger partial charge on any atom is -0.379 e. The molecule has 0 aliphatic carbocycles. The van der Waals surface area contributed by atoms with E-state index < -0.39 is 0 Å². The van der Waals surface area contributed by atoms with Gasteiger partial charge >= 0.3 is 0 Å². The average Bonchev–Trinajstić information content (AvgIpc) is 2.80. The normalized spacial score (nSPS) is 10.8. The molecule has 0 unspecified atom stereocenters. The van der Waals surface area contributed by atoms with Crippen LogP contribution < -0.4 is 5.32 Å². The number of nitrogens with zero attached hydrogens (tertiary/aromatic N) is 2. The lowest BCUT2D eigenvalue weighted by Gasteiger charge is -2.03. The van der Waals surface area contributed by atoms with Gasteiger partial charge in [0.2, 0.25) is 0 Å². The number of hydrogen-bond donors (Lipinski definition) is 1. The second kappa shape index (κ2) is 5.38. The lowest BCUT2D eigenvalue weighted by atomic mass is 10.3. The van der Waals surface area contributed by atoms with Crippen LogP contribution in [-0.2, 0) is 6.54 Å². The number of halogens is 2. The number of imidazole rings is 1. The molecule has 3 rings (SSSR count). The van der Waals surface area contributed by atoms with Crippen LogP contribution in [0, 0.1) is 3.57 Å². The van der Waals surface area contributed by atoms with Gasteiger partial charge in [0.05, 0.1) is 17.3 Å². The van der Waals surface area contributed by atoms with Crippen LogP contribution in [-0.4, -0.2) is 9.38 Å². The summed E-state index contributed by atoms with van der Waals surface area (Å²) < 4.78 is 3.17.